The summed E-state index contributed by atoms with van der Waals surface area (Å²) in [5, 5.41) is 1.31. The lowest BCUT2D eigenvalue weighted by Crippen LogP contribution is -2.34. The second kappa shape index (κ2) is 13.1. The molecule has 40 heavy (non-hydrogen) atoms. The molecule has 0 saturated carbocycles. The zero-order valence-electron chi connectivity index (χ0n) is 23.5. The van der Waals surface area contributed by atoms with Crippen LogP contribution in [-0.2, 0) is 40.4 Å². The highest BCUT2D eigenvalue weighted by molar-refractivity contribution is 5.93. The number of hydrogen-bond donors (Lipinski definition) is 1. The molecule has 3 aliphatic rings. The van der Waals surface area contributed by atoms with E-state index in [0.717, 1.165) is 64.0 Å². The number of fused-ring (bicyclic) bond motifs is 3. The number of ether oxygens (including phenoxy) is 1. The Hall–Kier alpha value is -2.97. The minimum Gasteiger partial charge on any atom is -0.350 e. The smallest absolute Gasteiger partial charge is 0.267 e. The number of hydrogen-bond acceptors (Lipinski definition) is 5. The molecular weight excluding hydrogens is 500 g/mol. The molecule has 7 heteroatoms. The molecule has 3 aromatic rings. The zero-order valence-corrected chi connectivity index (χ0v) is 23.5. The lowest BCUT2D eigenvalue weighted by Gasteiger charge is -2.29. The third kappa shape index (κ3) is 6.66. The number of carbonyl (C=O) groups is 1. The number of hydroxylamine groups is 1. The molecule has 6 rings (SSSR count). The van der Waals surface area contributed by atoms with E-state index in [4.69, 9.17) is 9.57 Å². The van der Waals surface area contributed by atoms with E-state index in [1.54, 1.807) is 6.08 Å². The minimum absolute atomic E-state index is 0.274. The Morgan fingerprint density at radius 2 is 1.85 bits per heavy atom. The molecule has 1 aromatic heterocycles. The van der Waals surface area contributed by atoms with Crippen LogP contribution in [0.5, 0.6) is 0 Å². The number of piperidine rings is 1. The highest BCUT2D eigenvalue weighted by atomic mass is 16.8. The molecule has 1 unspecified atom stereocenters. The minimum atomic E-state index is -0.350. The number of rotatable bonds is 9. The normalized spacial score (nSPS) is 20.6. The van der Waals surface area contributed by atoms with Gasteiger partial charge in [-0.15, -0.1) is 0 Å². The van der Waals surface area contributed by atoms with Gasteiger partial charge in [-0.05, 0) is 73.7 Å². The van der Waals surface area contributed by atoms with Gasteiger partial charge in [-0.2, -0.15) is 0 Å². The van der Waals surface area contributed by atoms with E-state index in [-0.39, 0.29) is 12.2 Å². The molecule has 1 atom stereocenters. The van der Waals surface area contributed by atoms with E-state index in [1.165, 1.54) is 60.1 Å². The van der Waals surface area contributed by atoms with Crippen molar-refractivity contribution in [1.29, 1.82) is 0 Å². The fourth-order valence-electron chi connectivity index (χ4n) is 6.42. The first-order valence-corrected chi connectivity index (χ1v) is 15.1. The van der Waals surface area contributed by atoms with Crippen molar-refractivity contribution in [1.82, 2.24) is 19.8 Å². The molecule has 4 heterocycles. The third-order valence-electron chi connectivity index (χ3n) is 8.55. The molecule has 1 N–H and O–H groups in total. The van der Waals surface area contributed by atoms with Gasteiger partial charge in [0.2, 0.25) is 0 Å². The summed E-state index contributed by atoms with van der Waals surface area (Å²) in [6.07, 6.45) is 11.1. The van der Waals surface area contributed by atoms with E-state index >= 15 is 0 Å². The van der Waals surface area contributed by atoms with Gasteiger partial charge < -0.3 is 14.2 Å². The van der Waals surface area contributed by atoms with Crippen molar-refractivity contribution < 1.29 is 14.4 Å². The first-order chi connectivity index (χ1) is 19.7. The second-order valence-corrected chi connectivity index (χ2v) is 11.4. The second-order valence-electron chi connectivity index (χ2n) is 11.4. The van der Waals surface area contributed by atoms with Crippen LogP contribution < -0.4 is 5.48 Å². The quantitative estimate of drug-likeness (QED) is 0.295. The van der Waals surface area contributed by atoms with Crippen LogP contribution in [-0.4, -0.2) is 59.4 Å². The molecule has 212 valence electrons. The molecule has 0 spiro atoms. The highest BCUT2D eigenvalue weighted by Crippen LogP contribution is 2.33. The number of likely N-dealkylation sites (tertiary alicyclic amines) is 1. The Balaban J connectivity index is 1.21. The van der Waals surface area contributed by atoms with Gasteiger partial charge in [0.15, 0.2) is 6.29 Å². The molecule has 2 aromatic carbocycles. The van der Waals surface area contributed by atoms with Gasteiger partial charge in [0.05, 0.1) is 0 Å². The van der Waals surface area contributed by atoms with Crippen molar-refractivity contribution in [2.45, 2.75) is 70.9 Å². The van der Waals surface area contributed by atoms with Crippen molar-refractivity contribution in [3.8, 4) is 0 Å². The van der Waals surface area contributed by atoms with Crippen LogP contribution in [0.3, 0.4) is 0 Å². The highest BCUT2D eigenvalue weighted by Gasteiger charge is 2.25. The van der Waals surface area contributed by atoms with Crippen molar-refractivity contribution in [3.63, 3.8) is 0 Å². The van der Waals surface area contributed by atoms with Gasteiger partial charge >= 0.3 is 0 Å². The SMILES string of the molecule is O=C(/C=C/c1ccc2c(c1)c1c(n2CCN2CCCCC2)CCN(Cc2ccccc2)C1)NOC1CCCCO1. The van der Waals surface area contributed by atoms with Crippen LogP contribution in [0.1, 0.15) is 60.9 Å². The third-order valence-corrected chi connectivity index (χ3v) is 8.55. The van der Waals surface area contributed by atoms with Crippen LogP contribution >= 0.6 is 0 Å². The molecule has 2 fully saturated rings. The van der Waals surface area contributed by atoms with Crippen LogP contribution in [0.15, 0.2) is 54.6 Å². The molecule has 2 saturated heterocycles. The molecule has 1 amide bonds. The number of nitrogens with zero attached hydrogens (tertiary/aromatic N) is 3. The fraction of sp³-hybridized carbons (Fsp3) is 0.485. The Labute approximate surface area is 237 Å². The summed E-state index contributed by atoms with van der Waals surface area (Å²) >= 11 is 0. The number of amides is 1. The van der Waals surface area contributed by atoms with Gasteiger partial charge in [0.1, 0.15) is 0 Å². The molecule has 0 aliphatic carbocycles. The van der Waals surface area contributed by atoms with E-state index in [0.29, 0.717) is 6.61 Å². The zero-order chi connectivity index (χ0) is 27.1. The van der Waals surface area contributed by atoms with E-state index < -0.39 is 0 Å². The van der Waals surface area contributed by atoms with Crippen molar-refractivity contribution in [2.24, 2.45) is 0 Å². The van der Waals surface area contributed by atoms with Crippen LogP contribution in [0.25, 0.3) is 17.0 Å². The maximum atomic E-state index is 12.4. The number of aromatic nitrogens is 1. The summed E-state index contributed by atoms with van der Waals surface area (Å²) in [6, 6.07) is 17.4. The first-order valence-electron chi connectivity index (χ1n) is 15.1. The summed E-state index contributed by atoms with van der Waals surface area (Å²) in [4.78, 5) is 23.0. The summed E-state index contributed by atoms with van der Waals surface area (Å²) in [6.45, 7) is 8.24. The van der Waals surface area contributed by atoms with Crippen molar-refractivity contribution in [2.75, 3.05) is 32.8 Å². The van der Waals surface area contributed by atoms with Gasteiger partial charge in [-0.25, -0.2) is 10.3 Å². The number of carbonyl (C=O) groups excluding carboxylic acids is 1. The fourth-order valence-corrected chi connectivity index (χ4v) is 6.42. The Morgan fingerprint density at radius 1 is 0.975 bits per heavy atom. The van der Waals surface area contributed by atoms with E-state index in [1.807, 2.05) is 6.08 Å². The summed E-state index contributed by atoms with van der Waals surface area (Å²) < 4.78 is 8.11. The van der Waals surface area contributed by atoms with Gasteiger partial charge in [-0.1, -0.05) is 42.8 Å². The molecular formula is C33H42N4O3. The standard InChI is InChI=1S/C33H42N4O3/c38-32(34-40-33-11-5-8-22-39-33)15-13-26-12-14-30-28(23-26)29-25-36(24-27-9-3-1-4-10-27)19-16-31(29)37(30)21-20-35-17-6-2-7-18-35/h1,3-4,9-10,12-15,23,33H,2,5-8,11,16-22,24-25H2,(H,34,38)/b15-13+. The Bertz CT molecular complexity index is 1310. The number of benzene rings is 2. The topological polar surface area (TPSA) is 59.0 Å². The van der Waals surface area contributed by atoms with Gasteiger partial charge in [-0.3, -0.25) is 9.69 Å². The molecule has 0 radical (unpaired) electrons. The predicted molar refractivity (Wildman–Crippen MR) is 158 cm³/mol. The largest absolute Gasteiger partial charge is 0.350 e. The predicted octanol–water partition coefficient (Wildman–Crippen LogP) is 5.27. The first kappa shape index (κ1) is 27.2. The lowest BCUT2D eigenvalue weighted by atomic mass is 10.0. The van der Waals surface area contributed by atoms with Crippen LogP contribution in [0.4, 0.5) is 0 Å². The van der Waals surface area contributed by atoms with E-state index in [9.17, 15) is 4.79 Å². The lowest BCUT2D eigenvalue weighted by molar-refractivity contribution is -0.198. The Morgan fingerprint density at radius 3 is 2.67 bits per heavy atom. The average Bonchev–Trinajstić information content (AvgIpc) is 3.31. The molecule has 7 nitrogen and oxygen atoms in total. The van der Waals surface area contributed by atoms with Crippen molar-refractivity contribution >= 4 is 22.9 Å². The average molecular weight is 543 g/mol. The van der Waals surface area contributed by atoms with Crippen LogP contribution in [0.2, 0.25) is 0 Å². The maximum absolute atomic E-state index is 12.4. The van der Waals surface area contributed by atoms with Crippen LogP contribution in [0, 0.1) is 0 Å². The maximum Gasteiger partial charge on any atom is 0.267 e. The molecule has 0 bridgehead atoms. The number of nitrogens with one attached hydrogen (secondary N) is 1. The summed E-state index contributed by atoms with van der Waals surface area (Å²) in [5.74, 6) is -0.274. The van der Waals surface area contributed by atoms with Crippen molar-refractivity contribution in [3.05, 3.63) is 77.0 Å². The van der Waals surface area contributed by atoms with Gasteiger partial charge in [0, 0.05) is 74.8 Å². The summed E-state index contributed by atoms with van der Waals surface area (Å²) in [7, 11) is 0. The molecule has 3 aliphatic heterocycles. The Kier molecular flexibility index (Phi) is 8.93. The summed E-state index contributed by atoms with van der Waals surface area (Å²) in [5.41, 5.74) is 9.13. The monoisotopic (exact) mass is 542 g/mol. The van der Waals surface area contributed by atoms with E-state index in [2.05, 4.69) is 68.4 Å². The van der Waals surface area contributed by atoms with Gasteiger partial charge in [0.25, 0.3) is 5.91 Å².